The molecular formula is C16H24N4O. The number of furan rings is 1. The first-order valence-electron chi connectivity index (χ1n) is 7.87. The largest absolute Gasteiger partial charge is 0.469 e. The minimum Gasteiger partial charge on any atom is -0.469 e. The lowest BCUT2D eigenvalue weighted by Crippen LogP contribution is -2.37. The lowest BCUT2D eigenvalue weighted by atomic mass is 10.1. The van der Waals surface area contributed by atoms with E-state index < -0.39 is 0 Å². The Morgan fingerprint density at radius 1 is 1.38 bits per heavy atom. The zero-order valence-electron chi connectivity index (χ0n) is 12.4. The molecule has 0 amide bonds. The predicted molar refractivity (Wildman–Crippen MR) is 81.6 cm³/mol. The van der Waals surface area contributed by atoms with Gasteiger partial charge >= 0.3 is 0 Å². The molecule has 1 aliphatic rings. The van der Waals surface area contributed by atoms with Crippen LogP contribution in [-0.2, 0) is 12.8 Å². The van der Waals surface area contributed by atoms with Gasteiger partial charge in [-0.25, -0.2) is 0 Å². The zero-order chi connectivity index (χ0) is 14.5. The maximum Gasteiger partial charge on any atom is 0.103 e. The van der Waals surface area contributed by atoms with Crippen LogP contribution >= 0.6 is 0 Å². The maximum absolute atomic E-state index is 5.67. The van der Waals surface area contributed by atoms with Gasteiger partial charge in [-0.05, 0) is 37.5 Å². The number of rotatable bonds is 7. The third kappa shape index (κ3) is 3.74. The zero-order valence-corrected chi connectivity index (χ0v) is 12.4. The van der Waals surface area contributed by atoms with Crippen molar-refractivity contribution >= 4 is 0 Å². The van der Waals surface area contributed by atoms with Crippen molar-refractivity contribution in [2.75, 3.05) is 0 Å². The molecule has 2 heterocycles. The van der Waals surface area contributed by atoms with Gasteiger partial charge < -0.3 is 4.42 Å². The molecule has 3 N–H and O–H groups in total. The molecule has 1 atom stereocenters. The topological polar surface area (TPSA) is 69.0 Å². The van der Waals surface area contributed by atoms with Crippen LogP contribution in [0.4, 0.5) is 0 Å². The number of hydrogen-bond donors (Lipinski definition) is 2. The smallest absolute Gasteiger partial charge is 0.103 e. The molecule has 5 heteroatoms. The van der Waals surface area contributed by atoms with Crippen LogP contribution in [0.2, 0.25) is 0 Å². The summed E-state index contributed by atoms with van der Waals surface area (Å²) in [5, 5.41) is 4.72. The third-order valence-electron chi connectivity index (χ3n) is 4.37. The molecule has 5 nitrogen and oxygen atoms in total. The normalized spacial score (nSPS) is 17.4. The molecule has 0 aliphatic heterocycles. The molecule has 0 aromatic carbocycles. The summed E-state index contributed by atoms with van der Waals surface area (Å²) in [6, 6.07) is 6.87. The summed E-state index contributed by atoms with van der Waals surface area (Å²) in [5.41, 5.74) is 4.02. The highest BCUT2D eigenvalue weighted by Gasteiger charge is 2.18. The fourth-order valence-corrected chi connectivity index (χ4v) is 3.13. The molecule has 1 fully saturated rings. The van der Waals surface area contributed by atoms with Crippen LogP contribution in [0.1, 0.15) is 49.6 Å². The molecule has 0 spiro atoms. The molecule has 114 valence electrons. The van der Waals surface area contributed by atoms with Crippen LogP contribution in [0.3, 0.4) is 0 Å². The van der Waals surface area contributed by atoms with Crippen molar-refractivity contribution in [3.05, 3.63) is 42.1 Å². The second-order valence-corrected chi connectivity index (χ2v) is 5.91. The van der Waals surface area contributed by atoms with E-state index >= 15 is 0 Å². The first kappa shape index (κ1) is 14.4. The third-order valence-corrected chi connectivity index (χ3v) is 4.37. The van der Waals surface area contributed by atoms with Crippen molar-refractivity contribution < 1.29 is 4.42 Å². The van der Waals surface area contributed by atoms with Gasteiger partial charge in [0.05, 0.1) is 18.0 Å². The van der Waals surface area contributed by atoms with Gasteiger partial charge in [0.25, 0.3) is 0 Å². The summed E-state index contributed by atoms with van der Waals surface area (Å²) in [4.78, 5) is 0. The number of aryl methyl sites for hydroxylation is 1. The highest BCUT2D eigenvalue weighted by Crippen LogP contribution is 2.28. The van der Waals surface area contributed by atoms with Crippen molar-refractivity contribution in [2.24, 2.45) is 5.84 Å². The molecule has 0 radical (unpaired) electrons. The van der Waals surface area contributed by atoms with E-state index in [1.54, 1.807) is 6.26 Å². The van der Waals surface area contributed by atoms with Crippen molar-refractivity contribution in [3.63, 3.8) is 0 Å². The van der Waals surface area contributed by atoms with Gasteiger partial charge in [0.2, 0.25) is 0 Å². The van der Waals surface area contributed by atoms with Crippen LogP contribution in [0.15, 0.2) is 35.1 Å². The fraction of sp³-hybridized carbons (Fsp3) is 0.562. The standard InChI is InChI=1S/C16H24N4O/c17-18-13(7-8-16-6-3-11-21-16)12-14-9-10-20(19-14)15-4-1-2-5-15/h3,6,9-11,13,15,18H,1-2,4-5,7-8,12,17H2. The lowest BCUT2D eigenvalue weighted by molar-refractivity contribution is 0.435. The summed E-state index contributed by atoms with van der Waals surface area (Å²) in [7, 11) is 0. The number of nitrogens with one attached hydrogen (secondary N) is 1. The van der Waals surface area contributed by atoms with Crippen LogP contribution in [-0.4, -0.2) is 15.8 Å². The Morgan fingerprint density at radius 3 is 2.95 bits per heavy atom. The number of hydrazine groups is 1. The summed E-state index contributed by atoms with van der Waals surface area (Å²) >= 11 is 0. The molecule has 2 aromatic heterocycles. The number of hydrogen-bond acceptors (Lipinski definition) is 4. The van der Waals surface area contributed by atoms with E-state index in [1.165, 1.54) is 25.7 Å². The van der Waals surface area contributed by atoms with Gasteiger partial charge in [-0.1, -0.05) is 12.8 Å². The van der Waals surface area contributed by atoms with E-state index in [0.29, 0.717) is 6.04 Å². The quantitative estimate of drug-likeness (QED) is 0.607. The molecule has 1 aliphatic carbocycles. The maximum atomic E-state index is 5.67. The van der Waals surface area contributed by atoms with E-state index in [9.17, 15) is 0 Å². The minimum absolute atomic E-state index is 0.224. The van der Waals surface area contributed by atoms with Gasteiger partial charge in [-0.15, -0.1) is 0 Å². The monoisotopic (exact) mass is 288 g/mol. The van der Waals surface area contributed by atoms with E-state index in [2.05, 4.69) is 22.4 Å². The summed E-state index contributed by atoms with van der Waals surface area (Å²) in [5.74, 6) is 6.68. The summed E-state index contributed by atoms with van der Waals surface area (Å²) in [6.45, 7) is 0. The van der Waals surface area contributed by atoms with Crippen molar-refractivity contribution in [2.45, 2.75) is 57.0 Å². The highest BCUT2D eigenvalue weighted by atomic mass is 16.3. The SMILES string of the molecule is NNC(CCc1ccco1)Cc1ccn(C2CCCC2)n1. The van der Waals surface area contributed by atoms with Gasteiger partial charge in [-0.2, -0.15) is 5.10 Å². The Hall–Kier alpha value is -1.59. The molecule has 0 saturated heterocycles. The highest BCUT2D eigenvalue weighted by molar-refractivity contribution is 5.04. The first-order valence-corrected chi connectivity index (χ1v) is 7.87. The molecule has 1 saturated carbocycles. The fourth-order valence-electron chi connectivity index (χ4n) is 3.13. The van der Waals surface area contributed by atoms with Gasteiger partial charge in [-0.3, -0.25) is 16.0 Å². The average molecular weight is 288 g/mol. The molecule has 2 aromatic rings. The number of aromatic nitrogens is 2. The van der Waals surface area contributed by atoms with Crippen molar-refractivity contribution in [3.8, 4) is 0 Å². The van der Waals surface area contributed by atoms with Gasteiger partial charge in [0.1, 0.15) is 5.76 Å². The molecule has 0 bridgehead atoms. The number of nitrogens with two attached hydrogens (primary N) is 1. The summed E-state index contributed by atoms with van der Waals surface area (Å²) in [6.07, 6.45) is 11.7. The minimum atomic E-state index is 0.224. The van der Waals surface area contributed by atoms with Gasteiger partial charge in [0, 0.05) is 25.1 Å². The van der Waals surface area contributed by atoms with Crippen LogP contribution in [0.5, 0.6) is 0 Å². The second kappa shape index (κ2) is 6.91. The summed E-state index contributed by atoms with van der Waals surface area (Å²) < 4.78 is 7.50. The van der Waals surface area contributed by atoms with E-state index in [1.807, 2.05) is 12.1 Å². The van der Waals surface area contributed by atoms with E-state index in [4.69, 9.17) is 15.4 Å². The van der Waals surface area contributed by atoms with Crippen LogP contribution < -0.4 is 11.3 Å². The van der Waals surface area contributed by atoms with Crippen LogP contribution in [0.25, 0.3) is 0 Å². The molecule has 3 rings (SSSR count). The predicted octanol–water partition coefficient (Wildman–Crippen LogP) is 2.60. The van der Waals surface area contributed by atoms with Crippen molar-refractivity contribution in [1.29, 1.82) is 0 Å². The molecular weight excluding hydrogens is 264 g/mol. The average Bonchev–Trinajstić information content (AvgIpc) is 3.24. The van der Waals surface area contributed by atoms with E-state index in [-0.39, 0.29) is 6.04 Å². The lowest BCUT2D eigenvalue weighted by Gasteiger charge is -2.14. The van der Waals surface area contributed by atoms with E-state index in [0.717, 1.165) is 30.7 Å². The Kier molecular flexibility index (Phi) is 4.72. The first-order chi connectivity index (χ1) is 10.3. The van der Waals surface area contributed by atoms with Gasteiger partial charge in [0.15, 0.2) is 0 Å². The second-order valence-electron chi connectivity index (χ2n) is 5.91. The molecule has 1 unspecified atom stereocenters. The van der Waals surface area contributed by atoms with Crippen LogP contribution in [0, 0.1) is 0 Å². The number of nitrogens with zero attached hydrogens (tertiary/aromatic N) is 2. The Bertz CT molecular complexity index is 528. The Morgan fingerprint density at radius 2 is 2.24 bits per heavy atom. The molecule has 21 heavy (non-hydrogen) atoms. The Balaban J connectivity index is 1.53. The van der Waals surface area contributed by atoms with Crippen molar-refractivity contribution in [1.82, 2.24) is 15.2 Å². The Labute approximate surface area is 125 Å².